The van der Waals surface area contributed by atoms with Crippen LogP contribution in [0.1, 0.15) is 75.7 Å². The smallest absolute Gasteiger partial charge is 0.230 e. The molecule has 1 aliphatic carbocycles. The predicted octanol–water partition coefficient (Wildman–Crippen LogP) is 5.42. The summed E-state index contributed by atoms with van der Waals surface area (Å²) < 4.78 is 0. The molecule has 0 aromatic heterocycles. The topological polar surface area (TPSA) is 95.4 Å². The summed E-state index contributed by atoms with van der Waals surface area (Å²) in [5.41, 5.74) is 8.66. The molecule has 1 unspecified atom stereocenters. The van der Waals surface area contributed by atoms with Crippen LogP contribution < -0.4 is 11.1 Å². The van der Waals surface area contributed by atoms with Crippen LogP contribution in [0.15, 0.2) is 45.1 Å². The van der Waals surface area contributed by atoms with E-state index < -0.39 is 0 Å². The number of guanidine groups is 1. The van der Waals surface area contributed by atoms with Crippen molar-refractivity contribution in [1.82, 2.24) is 4.90 Å². The number of aryl methyl sites for hydroxylation is 1. The van der Waals surface area contributed by atoms with Crippen molar-refractivity contribution < 1.29 is 4.79 Å². The normalized spacial score (nSPS) is 20.2. The first-order valence-corrected chi connectivity index (χ1v) is 12.4. The van der Waals surface area contributed by atoms with Gasteiger partial charge in [0.2, 0.25) is 5.96 Å². The van der Waals surface area contributed by atoms with Crippen molar-refractivity contribution in [3.05, 3.63) is 41.2 Å². The van der Waals surface area contributed by atoms with Crippen LogP contribution in [-0.2, 0) is 0 Å². The number of carbonyl (C=O) groups excluding carboxylic acids is 1. The van der Waals surface area contributed by atoms with Crippen LogP contribution in [0.25, 0.3) is 0 Å². The van der Waals surface area contributed by atoms with E-state index in [0.717, 1.165) is 49.2 Å². The van der Waals surface area contributed by atoms with E-state index in [1.54, 1.807) is 6.07 Å². The molecule has 2 rings (SSSR count). The Kier molecular flexibility index (Phi) is 11.1. The average molecular weight is 467 g/mol. The number of nitrogens with two attached hydrogens (primary N) is 1. The number of hydrogen-bond donors (Lipinski definition) is 2. The van der Waals surface area contributed by atoms with Gasteiger partial charge in [0.15, 0.2) is 0 Å². The zero-order chi connectivity index (χ0) is 25.1. The third-order valence-corrected chi connectivity index (χ3v) is 5.88. The van der Waals surface area contributed by atoms with Gasteiger partial charge in [-0.15, -0.1) is 0 Å². The third-order valence-electron chi connectivity index (χ3n) is 5.88. The van der Waals surface area contributed by atoms with Crippen molar-refractivity contribution >= 4 is 30.0 Å². The maximum Gasteiger partial charge on any atom is 0.230 e. The van der Waals surface area contributed by atoms with E-state index in [4.69, 9.17) is 15.7 Å². The minimum absolute atomic E-state index is 0.161. The number of nitrogens with zero attached hydrogens (tertiary/aromatic N) is 4. The molecule has 1 aromatic carbocycles. The summed E-state index contributed by atoms with van der Waals surface area (Å²) in [4.78, 5) is 27.7. The van der Waals surface area contributed by atoms with Gasteiger partial charge < -0.3 is 16.0 Å². The van der Waals surface area contributed by atoms with Crippen molar-refractivity contribution in [2.24, 2.45) is 32.5 Å². The first kappa shape index (κ1) is 27.4. The molecule has 1 fully saturated rings. The maximum absolute atomic E-state index is 11.3. The largest absolute Gasteiger partial charge is 0.360 e. The molecule has 1 aromatic rings. The standard InChI is InChI=1S/C27H42N6O/c1-7-10-26(33(6)17-19(2)3)32-27(31-25-15-22(18-34)14-13-20(25)4)30-21(5)29-16-23-11-8-9-12-24(23)28/h10,13-16,18-19,23-24H,7-9,11-12,17,28H2,1-6H3,(H,31,32)/b26-10+,29-16?,30-21+/t23?,24-/m1/s1. The number of allylic oxidation sites excluding steroid dienone is 1. The highest BCUT2D eigenvalue weighted by Crippen LogP contribution is 2.21. The highest BCUT2D eigenvalue weighted by atomic mass is 16.1. The molecule has 0 amide bonds. The first-order chi connectivity index (χ1) is 16.2. The number of anilines is 1. The van der Waals surface area contributed by atoms with Gasteiger partial charge in [-0.25, -0.2) is 4.99 Å². The zero-order valence-electron chi connectivity index (χ0n) is 21.7. The number of hydrogen-bond acceptors (Lipinski definition) is 4. The van der Waals surface area contributed by atoms with E-state index in [0.29, 0.717) is 23.3 Å². The van der Waals surface area contributed by atoms with Crippen molar-refractivity contribution in [1.29, 1.82) is 0 Å². The van der Waals surface area contributed by atoms with E-state index in [9.17, 15) is 4.79 Å². The molecule has 1 saturated carbocycles. The molecule has 3 N–H and O–H groups in total. The van der Waals surface area contributed by atoms with Gasteiger partial charge in [-0.3, -0.25) is 4.79 Å². The fourth-order valence-electron chi connectivity index (χ4n) is 4.03. The van der Waals surface area contributed by atoms with Gasteiger partial charge in [-0.2, -0.15) is 9.98 Å². The molecule has 0 aliphatic heterocycles. The van der Waals surface area contributed by atoms with Crippen LogP contribution in [0.2, 0.25) is 0 Å². The quantitative estimate of drug-likeness (QED) is 0.304. The Bertz CT molecular complexity index is 931. The summed E-state index contributed by atoms with van der Waals surface area (Å²) >= 11 is 0. The lowest BCUT2D eigenvalue weighted by atomic mass is 9.86. The fraction of sp³-hybridized carbons (Fsp3) is 0.556. The van der Waals surface area contributed by atoms with Crippen LogP contribution in [0, 0.1) is 18.8 Å². The number of aliphatic imine (C=N–C) groups is 3. The summed E-state index contributed by atoms with van der Waals surface area (Å²) in [5, 5.41) is 3.33. The van der Waals surface area contributed by atoms with Crippen LogP contribution in [0.5, 0.6) is 0 Å². The van der Waals surface area contributed by atoms with Gasteiger partial charge in [-0.05, 0) is 56.7 Å². The van der Waals surface area contributed by atoms with E-state index in [1.165, 1.54) is 12.8 Å². The lowest BCUT2D eigenvalue weighted by molar-refractivity contribution is 0.112. The van der Waals surface area contributed by atoms with Gasteiger partial charge in [0.25, 0.3) is 0 Å². The fourth-order valence-corrected chi connectivity index (χ4v) is 4.03. The molecule has 34 heavy (non-hydrogen) atoms. The highest BCUT2D eigenvalue weighted by Gasteiger charge is 2.19. The van der Waals surface area contributed by atoms with Crippen molar-refractivity contribution in [3.8, 4) is 0 Å². The Labute approximate surface area is 205 Å². The molecule has 7 nitrogen and oxygen atoms in total. The van der Waals surface area contributed by atoms with Gasteiger partial charge >= 0.3 is 0 Å². The minimum Gasteiger partial charge on any atom is -0.360 e. The maximum atomic E-state index is 11.3. The molecule has 7 heteroatoms. The average Bonchev–Trinajstić information content (AvgIpc) is 2.79. The first-order valence-electron chi connectivity index (χ1n) is 12.4. The van der Waals surface area contributed by atoms with Crippen LogP contribution in [0.3, 0.4) is 0 Å². The third kappa shape index (κ3) is 8.86. The van der Waals surface area contributed by atoms with Gasteiger partial charge in [-0.1, -0.05) is 45.7 Å². The second kappa shape index (κ2) is 13.8. The van der Waals surface area contributed by atoms with Crippen molar-refractivity contribution in [2.75, 3.05) is 18.9 Å². The molecule has 0 bridgehead atoms. The van der Waals surface area contributed by atoms with Crippen LogP contribution in [0.4, 0.5) is 5.69 Å². The molecule has 186 valence electrons. The Morgan fingerprint density at radius 2 is 2.00 bits per heavy atom. The Hall–Kier alpha value is -2.80. The summed E-state index contributed by atoms with van der Waals surface area (Å²) in [5.74, 6) is 2.67. The Balaban J connectivity index is 2.41. The highest BCUT2D eigenvalue weighted by molar-refractivity contribution is 6.04. The molecule has 0 heterocycles. The Morgan fingerprint density at radius 3 is 2.65 bits per heavy atom. The second-order valence-corrected chi connectivity index (χ2v) is 9.55. The van der Waals surface area contributed by atoms with Crippen LogP contribution >= 0.6 is 0 Å². The molecular weight excluding hydrogens is 424 g/mol. The SMILES string of the molecule is CC\C=C(/N=C(\N=C(/C)N=CC1CCCC[C@H]1N)Nc1cc(C=O)ccc1C)N(C)CC(C)C. The minimum atomic E-state index is 0.161. The number of amidine groups is 1. The molecule has 2 atom stereocenters. The number of aldehydes is 1. The lowest BCUT2D eigenvalue weighted by Gasteiger charge is -2.25. The molecular formula is C27H42N6O. The number of nitrogens with one attached hydrogen (secondary N) is 1. The van der Waals surface area contributed by atoms with Gasteiger partial charge in [0.1, 0.15) is 17.9 Å². The van der Waals surface area contributed by atoms with E-state index >= 15 is 0 Å². The van der Waals surface area contributed by atoms with E-state index in [2.05, 4.69) is 42.1 Å². The summed E-state index contributed by atoms with van der Waals surface area (Å²) in [6.45, 7) is 11.2. The monoisotopic (exact) mass is 466 g/mol. The molecule has 0 radical (unpaired) electrons. The van der Waals surface area contributed by atoms with Gasteiger partial charge in [0.05, 0.1) is 0 Å². The molecule has 0 spiro atoms. The second-order valence-electron chi connectivity index (χ2n) is 9.55. The lowest BCUT2D eigenvalue weighted by Crippen LogP contribution is -2.34. The van der Waals surface area contributed by atoms with E-state index in [1.807, 2.05) is 39.2 Å². The van der Waals surface area contributed by atoms with Crippen molar-refractivity contribution in [3.63, 3.8) is 0 Å². The summed E-state index contributed by atoms with van der Waals surface area (Å²) in [7, 11) is 2.04. The number of carbonyl (C=O) groups is 1. The zero-order valence-corrected chi connectivity index (χ0v) is 21.7. The number of rotatable bonds is 8. The van der Waals surface area contributed by atoms with Gasteiger partial charge in [0, 0.05) is 43.0 Å². The van der Waals surface area contributed by atoms with Crippen LogP contribution in [-0.4, -0.2) is 48.8 Å². The van der Waals surface area contributed by atoms with E-state index in [-0.39, 0.29) is 12.0 Å². The molecule has 1 aliphatic rings. The molecule has 0 saturated heterocycles. The summed E-state index contributed by atoms with van der Waals surface area (Å²) in [6, 6.07) is 5.69. The Morgan fingerprint density at radius 1 is 1.26 bits per heavy atom. The number of benzene rings is 1. The summed E-state index contributed by atoms with van der Waals surface area (Å²) in [6.07, 6.45) is 10.2. The predicted molar refractivity (Wildman–Crippen MR) is 145 cm³/mol. The van der Waals surface area contributed by atoms with Crippen molar-refractivity contribution in [2.45, 2.75) is 72.8 Å².